The van der Waals surface area contributed by atoms with Gasteiger partial charge in [-0.1, -0.05) is 51.1 Å². The Kier molecular flexibility index (Phi) is 4.48. The lowest BCUT2D eigenvalue weighted by Gasteiger charge is -2.32. The molecule has 0 saturated carbocycles. The molecule has 1 aromatic carbocycles. The van der Waals surface area contributed by atoms with E-state index in [-0.39, 0.29) is 17.2 Å². The maximum Gasteiger partial charge on any atom is 0.226 e. The molecule has 1 heterocycles. The van der Waals surface area contributed by atoms with Crippen molar-refractivity contribution in [1.29, 1.82) is 0 Å². The fourth-order valence-electron chi connectivity index (χ4n) is 2.31. The zero-order valence-electron chi connectivity index (χ0n) is 12.6. The summed E-state index contributed by atoms with van der Waals surface area (Å²) in [6.07, 6.45) is 1.08. The van der Waals surface area contributed by atoms with Gasteiger partial charge in [0.15, 0.2) is 5.75 Å². The van der Waals surface area contributed by atoms with Gasteiger partial charge in [-0.05, 0) is 11.0 Å². The molecule has 1 atom stereocenters. The summed E-state index contributed by atoms with van der Waals surface area (Å²) in [4.78, 5) is 11.4. The van der Waals surface area contributed by atoms with Gasteiger partial charge in [-0.2, -0.15) is 0 Å². The van der Waals surface area contributed by atoms with Gasteiger partial charge in [-0.25, -0.2) is 0 Å². The fourth-order valence-corrected chi connectivity index (χ4v) is 2.31. The zero-order valence-corrected chi connectivity index (χ0v) is 12.6. The van der Waals surface area contributed by atoms with Crippen LogP contribution in [0.1, 0.15) is 38.1 Å². The molecule has 0 aliphatic carbocycles. The topological polar surface area (TPSA) is 62.5 Å². The molecule has 1 aromatic heterocycles. The van der Waals surface area contributed by atoms with E-state index in [9.17, 15) is 9.90 Å². The minimum absolute atomic E-state index is 0.0125. The van der Waals surface area contributed by atoms with Crippen molar-refractivity contribution in [3.05, 3.63) is 64.2 Å². The average molecular weight is 287 g/mol. The zero-order chi connectivity index (χ0) is 15.5. The van der Waals surface area contributed by atoms with Crippen LogP contribution < -0.4 is 10.7 Å². The summed E-state index contributed by atoms with van der Waals surface area (Å²) in [5, 5.41) is 12.6. The largest absolute Gasteiger partial charge is 0.502 e. The summed E-state index contributed by atoms with van der Waals surface area (Å²) >= 11 is 0. The van der Waals surface area contributed by atoms with E-state index < -0.39 is 5.43 Å². The maximum atomic E-state index is 11.4. The van der Waals surface area contributed by atoms with E-state index in [0.717, 1.165) is 6.26 Å². The molecule has 0 fully saturated rings. The molecule has 0 saturated heterocycles. The molecule has 0 radical (unpaired) electrons. The summed E-state index contributed by atoms with van der Waals surface area (Å²) in [6.45, 7) is 6.90. The van der Waals surface area contributed by atoms with Gasteiger partial charge < -0.3 is 14.8 Å². The van der Waals surface area contributed by atoms with Crippen molar-refractivity contribution < 1.29 is 9.52 Å². The molecule has 2 aromatic rings. The third-order valence-corrected chi connectivity index (χ3v) is 3.35. The van der Waals surface area contributed by atoms with Crippen LogP contribution in [0.5, 0.6) is 5.75 Å². The molecule has 0 spiro atoms. The highest BCUT2D eigenvalue weighted by atomic mass is 16.4. The summed E-state index contributed by atoms with van der Waals surface area (Å²) in [7, 11) is 0. The van der Waals surface area contributed by atoms with Crippen LogP contribution in [0.25, 0.3) is 0 Å². The normalized spacial score (nSPS) is 13.1. The first kappa shape index (κ1) is 15.3. The molecule has 0 amide bonds. The highest BCUT2D eigenvalue weighted by molar-refractivity contribution is 5.21. The Bertz CT molecular complexity index is 641. The van der Waals surface area contributed by atoms with Gasteiger partial charge in [0.25, 0.3) is 0 Å². The third-order valence-electron chi connectivity index (χ3n) is 3.35. The number of nitrogens with one attached hydrogen (secondary N) is 1. The molecule has 4 nitrogen and oxygen atoms in total. The lowest BCUT2D eigenvalue weighted by atomic mass is 9.82. The van der Waals surface area contributed by atoms with Crippen LogP contribution in [0.4, 0.5) is 0 Å². The van der Waals surface area contributed by atoms with Gasteiger partial charge >= 0.3 is 0 Å². The standard InChI is InChI=1S/C17H21NO3/c1-17(2,3)16(12-7-5-4-6-8-12)18-10-13-9-14(19)15(20)11-21-13/h4-9,11,16,18,20H,10H2,1-3H3. The van der Waals surface area contributed by atoms with Crippen LogP contribution >= 0.6 is 0 Å². The number of hydrogen-bond donors (Lipinski definition) is 2. The number of benzene rings is 1. The molecular weight excluding hydrogens is 266 g/mol. The van der Waals surface area contributed by atoms with Gasteiger partial charge in [0.05, 0.1) is 6.54 Å². The smallest absolute Gasteiger partial charge is 0.226 e. The van der Waals surface area contributed by atoms with Crippen LogP contribution in [0.2, 0.25) is 0 Å². The van der Waals surface area contributed by atoms with Gasteiger partial charge in [0.2, 0.25) is 5.43 Å². The first-order valence-electron chi connectivity index (χ1n) is 6.97. The van der Waals surface area contributed by atoms with E-state index >= 15 is 0 Å². The summed E-state index contributed by atoms with van der Waals surface area (Å²) in [5.74, 6) is 0.136. The molecule has 0 aliphatic heterocycles. The van der Waals surface area contributed by atoms with Crippen molar-refractivity contribution in [2.75, 3.05) is 0 Å². The first-order valence-corrected chi connectivity index (χ1v) is 6.97. The minimum atomic E-state index is -0.426. The fraction of sp³-hybridized carbons (Fsp3) is 0.353. The Morgan fingerprint density at radius 2 is 1.90 bits per heavy atom. The third kappa shape index (κ3) is 3.95. The second-order valence-electron chi connectivity index (χ2n) is 6.19. The van der Waals surface area contributed by atoms with Crippen molar-refractivity contribution in [3.63, 3.8) is 0 Å². The number of hydrogen-bond acceptors (Lipinski definition) is 4. The summed E-state index contributed by atoms with van der Waals surface area (Å²) in [6, 6.07) is 11.6. The monoisotopic (exact) mass is 287 g/mol. The Balaban J connectivity index is 2.17. The van der Waals surface area contributed by atoms with Gasteiger partial charge in [-0.3, -0.25) is 4.79 Å². The highest BCUT2D eigenvalue weighted by Crippen LogP contribution is 2.32. The molecule has 2 N–H and O–H groups in total. The highest BCUT2D eigenvalue weighted by Gasteiger charge is 2.25. The quantitative estimate of drug-likeness (QED) is 0.906. The van der Waals surface area contributed by atoms with E-state index in [4.69, 9.17) is 4.42 Å². The van der Waals surface area contributed by atoms with Crippen molar-refractivity contribution in [1.82, 2.24) is 5.32 Å². The molecule has 0 bridgehead atoms. The van der Waals surface area contributed by atoms with Gasteiger partial charge in [0, 0.05) is 12.1 Å². The van der Waals surface area contributed by atoms with Crippen LogP contribution in [0.3, 0.4) is 0 Å². The lowest BCUT2D eigenvalue weighted by Crippen LogP contribution is -2.32. The molecule has 4 heteroatoms. The Morgan fingerprint density at radius 3 is 2.48 bits per heavy atom. The van der Waals surface area contributed by atoms with E-state index in [1.165, 1.54) is 11.6 Å². The van der Waals surface area contributed by atoms with Crippen LogP contribution in [-0.2, 0) is 6.54 Å². The molecule has 1 unspecified atom stereocenters. The Hall–Kier alpha value is -2.07. The number of rotatable bonds is 4. The van der Waals surface area contributed by atoms with Crippen molar-refractivity contribution >= 4 is 0 Å². The predicted octanol–water partition coefficient (Wildman–Crippen LogP) is 3.22. The van der Waals surface area contributed by atoms with Crippen LogP contribution in [0.15, 0.2) is 51.9 Å². The maximum absolute atomic E-state index is 11.4. The molecule has 0 aliphatic rings. The first-order chi connectivity index (χ1) is 9.88. The molecule has 2 rings (SSSR count). The summed E-state index contributed by atoms with van der Waals surface area (Å²) < 4.78 is 5.23. The van der Waals surface area contributed by atoms with Gasteiger partial charge in [0.1, 0.15) is 12.0 Å². The second-order valence-corrected chi connectivity index (χ2v) is 6.19. The van der Waals surface area contributed by atoms with E-state index in [1.54, 1.807) is 0 Å². The van der Waals surface area contributed by atoms with E-state index in [0.29, 0.717) is 12.3 Å². The van der Waals surface area contributed by atoms with Crippen molar-refractivity contribution in [2.24, 2.45) is 5.41 Å². The van der Waals surface area contributed by atoms with Crippen LogP contribution in [0, 0.1) is 5.41 Å². The lowest BCUT2D eigenvalue weighted by molar-refractivity contribution is 0.263. The number of aromatic hydroxyl groups is 1. The van der Waals surface area contributed by atoms with Gasteiger partial charge in [-0.15, -0.1) is 0 Å². The molecule has 21 heavy (non-hydrogen) atoms. The SMILES string of the molecule is CC(C)(C)C(NCc1cc(=O)c(O)co1)c1ccccc1. The Morgan fingerprint density at radius 1 is 1.24 bits per heavy atom. The molecule has 112 valence electrons. The van der Waals surface area contributed by atoms with E-state index in [1.807, 2.05) is 18.2 Å². The van der Waals surface area contributed by atoms with Crippen molar-refractivity contribution in [2.45, 2.75) is 33.4 Å². The molecular formula is C17H21NO3. The Labute approximate surface area is 124 Å². The summed E-state index contributed by atoms with van der Waals surface area (Å²) in [5.41, 5.74) is 0.773. The minimum Gasteiger partial charge on any atom is -0.502 e. The van der Waals surface area contributed by atoms with Crippen molar-refractivity contribution in [3.8, 4) is 5.75 Å². The average Bonchev–Trinajstić information content (AvgIpc) is 2.43. The predicted molar refractivity (Wildman–Crippen MR) is 82.1 cm³/mol. The van der Waals surface area contributed by atoms with E-state index in [2.05, 4.69) is 38.2 Å². The second kappa shape index (κ2) is 6.14. The van der Waals surface area contributed by atoms with Crippen LogP contribution in [-0.4, -0.2) is 5.11 Å².